The van der Waals surface area contributed by atoms with Gasteiger partial charge in [0.05, 0.1) is 16.6 Å². The second-order valence-corrected chi connectivity index (χ2v) is 8.25. The van der Waals surface area contributed by atoms with E-state index in [1.165, 1.54) is 11.1 Å². The summed E-state index contributed by atoms with van der Waals surface area (Å²) in [6, 6.07) is 14.4. The molecule has 1 amide bonds. The number of nitrogens with zero attached hydrogens (tertiary/aromatic N) is 2. The third kappa shape index (κ3) is 4.14. The van der Waals surface area contributed by atoms with E-state index >= 15 is 0 Å². The lowest BCUT2D eigenvalue weighted by molar-refractivity contribution is -0.132. The van der Waals surface area contributed by atoms with Crippen molar-refractivity contribution in [3.63, 3.8) is 0 Å². The number of para-hydroxylation sites is 1. The Balaban J connectivity index is 1.33. The first kappa shape index (κ1) is 18.0. The number of aryl methyl sites for hydroxylation is 2. The summed E-state index contributed by atoms with van der Waals surface area (Å²) < 4.78 is 7.24. The molecule has 0 saturated carbocycles. The lowest BCUT2D eigenvalue weighted by Gasteiger charge is -2.31. The normalized spacial score (nSPS) is 15.3. The lowest BCUT2D eigenvalue weighted by atomic mass is 10.0. The van der Waals surface area contributed by atoms with Gasteiger partial charge in [-0.25, -0.2) is 4.98 Å². The number of piperidine rings is 1. The van der Waals surface area contributed by atoms with Crippen molar-refractivity contribution in [1.82, 2.24) is 9.88 Å². The van der Waals surface area contributed by atoms with Crippen molar-refractivity contribution < 1.29 is 9.53 Å². The maximum atomic E-state index is 12.7. The number of amides is 1. The van der Waals surface area contributed by atoms with E-state index in [4.69, 9.17) is 4.74 Å². The zero-order valence-corrected chi connectivity index (χ0v) is 16.6. The van der Waals surface area contributed by atoms with Gasteiger partial charge in [0.1, 0.15) is 6.10 Å². The summed E-state index contributed by atoms with van der Waals surface area (Å²) in [6.45, 7) is 5.64. The van der Waals surface area contributed by atoms with E-state index in [2.05, 4.69) is 43.1 Å². The molecule has 0 unspecified atom stereocenters. The van der Waals surface area contributed by atoms with Crippen LogP contribution >= 0.6 is 11.3 Å². The van der Waals surface area contributed by atoms with Crippen molar-refractivity contribution in [3.05, 3.63) is 59.2 Å². The monoisotopic (exact) mass is 380 g/mol. The average molecular weight is 381 g/mol. The van der Waals surface area contributed by atoms with Crippen LogP contribution in [0.1, 0.15) is 29.5 Å². The van der Waals surface area contributed by atoms with Crippen molar-refractivity contribution in [1.29, 1.82) is 0 Å². The maximum absolute atomic E-state index is 12.7. The molecule has 1 aliphatic rings. The summed E-state index contributed by atoms with van der Waals surface area (Å²) in [5.41, 5.74) is 4.50. The zero-order chi connectivity index (χ0) is 18.8. The van der Waals surface area contributed by atoms with E-state index in [1.54, 1.807) is 11.3 Å². The number of likely N-dealkylation sites (tertiary alicyclic amines) is 1. The molecule has 0 bridgehead atoms. The van der Waals surface area contributed by atoms with Gasteiger partial charge in [0.15, 0.2) is 0 Å². The average Bonchev–Trinajstić information content (AvgIpc) is 3.07. The highest BCUT2D eigenvalue weighted by Crippen LogP contribution is 2.29. The number of thiazole rings is 1. The number of carbonyl (C=O) groups is 1. The van der Waals surface area contributed by atoms with Gasteiger partial charge < -0.3 is 9.64 Å². The van der Waals surface area contributed by atoms with Crippen LogP contribution in [0, 0.1) is 13.8 Å². The van der Waals surface area contributed by atoms with Crippen molar-refractivity contribution in [2.24, 2.45) is 0 Å². The summed E-state index contributed by atoms with van der Waals surface area (Å²) in [5.74, 6) is 0.210. The number of fused-ring (bicyclic) bond motifs is 1. The van der Waals surface area contributed by atoms with Gasteiger partial charge in [-0.1, -0.05) is 47.2 Å². The molecule has 1 saturated heterocycles. The van der Waals surface area contributed by atoms with E-state index in [-0.39, 0.29) is 12.0 Å². The van der Waals surface area contributed by atoms with Crippen LogP contribution in [-0.4, -0.2) is 35.0 Å². The molecule has 2 aromatic carbocycles. The van der Waals surface area contributed by atoms with Crippen molar-refractivity contribution >= 4 is 27.5 Å². The van der Waals surface area contributed by atoms with Crippen molar-refractivity contribution in [3.8, 4) is 5.19 Å². The molecule has 0 aliphatic carbocycles. The number of hydrogen-bond acceptors (Lipinski definition) is 4. The van der Waals surface area contributed by atoms with Crippen LogP contribution in [0.4, 0.5) is 0 Å². The summed E-state index contributed by atoms with van der Waals surface area (Å²) >= 11 is 1.59. The molecule has 3 aromatic rings. The zero-order valence-electron chi connectivity index (χ0n) is 15.8. The molecule has 27 heavy (non-hydrogen) atoms. The van der Waals surface area contributed by atoms with Crippen LogP contribution in [-0.2, 0) is 11.2 Å². The van der Waals surface area contributed by atoms with Gasteiger partial charge in [-0.2, -0.15) is 0 Å². The molecule has 140 valence electrons. The molecule has 1 aromatic heterocycles. The topological polar surface area (TPSA) is 42.4 Å². The first-order valence-electron chi connectivity index (χ1n) is 9.44. The van der Waals surface area contributed by atoms with E-state index in [1.807, 2.05) is 23.1 Å². The number of aromatic nitrogens is 1. The first-order chi connectivity index (χ1) is 13.1. The Morgan fingerprint density at radius 3 is 2.74 bits per heavy atom. The number of hydrogen-bond donors (Lipinski definition) is 0. The van der Waals surface area contributed by atoms with E-state index in [0.29, 0.717) is 6.42 Å². The Kier molecular flexibility index (Phi) is 5.12. The molecular weight excluding hydrogens is 356 g/mol. The van der Waals surface area contributed by atoms with Gasteiger partial charge in [-0.3, -0.25) is 4.79 Å². The highest BCUT2D eigenvalue weighted by molar-refractivity contribution is 7.20. The minimum atomic E-state index is 0.135. The van der Waals surface area contributed by atoms with Crippen LogP contribution < -0.4 is 4.74 Å². The second kappa shape index (κ2) is 7.69. The molecule has 0 N–H and O–H groups in total. The smallest absolute Gasteiger partial charge is 0.274 e. The fourth-order valence-corrected chi connectivity index (χ4v) is 4.41. The molecule has 1 aliphatic heterocycles. The maximum Gasteiger partial charge on any atom is 0.274 e. The summed E-state index contributed by atoms with van der Waals surface area (Å²) in [6.07, 6.45) is 2.33. The lowest BCUT2D eigenvalue weighted by Crippen LogP contribution is -2.42. The highest BCUT2D eigenvalue weighted by atomic mass is 32.1. The molecule has 4 nitrogen and oxygen atoms in total. The minimum absolute atomic E-state index is 0.135. The van der Waals surface area contributed by atoms with Crippen LogP contribution in [0.3, 0.4) is 0 Å². The largest absolute Gasteiger partial charge is 0.467 e. The predicted octanol–water partition coefficient (Wildman–Crippen LogP) is 4.53. The van der Waals surface area contributed by atoms with Gasteiger partial charge in [0.25, 0.3) is 5.19 Å². The summed E-state index contributed by atoms with van der Waals surface area (Å²) in [7, 11) is 0. The molecule has 0 atom stereocenters. The van der Waals surface area contributed by atoms with Gasteiger partial charge >= 0.3 is 0 Å². The van der Waals surface area contributed by atoms with Crippen LogP contribution in [0.25, 0.3) is 10.2 Å². The molecule has 0 spiro atoms. The minimum Gasteiger partial charge on any atom is -0.467 e. The number of ether oxygens (including phenoxy) is 1. The van der Waals surface area contributed by atoms with Gasteiger partial charge in [-0.05, 0) is 37.1 Å². The van der Waals surface area contributed by atoms with Crippen molar-refractivity contribution in [2.75, 3.05) is 13.1 Å². The van der Waals surface area contributed by atoms with E-state index < -0.39 is 0 Å². The Morgan fingerprint density at radius 2 is 1.96 bits per heavy atom. The van der Waals surface area contributed by atoms with Gasteiger partial charge in [-0.15, -0.1) is 0 Å². The van der Waals surface area contributed by atoms with Crippen LogP contribution in [0.5, 0.6) is 5.19 Å². The molecule has 5 heteroatoms. The van der Waals surface area contributed by atoms with Crippen LogP contribution in [0.15, 0.2) is 42.5 Å². The molecule has 2 heterocycles. The number of carbonyl (C=O) groups excluding carboxylic acids is 1. The number of rotatable bonds is 4. The first-order valence-corrected chi connectivity index (χ1v) is 10.3. The molecule has 4 rings (SSSR count). The Hall–Kier alpha value is -2.40. The van der Waals surface area contributed by atoms with E-state index in [0.717, 1.165) is 46.9 Å². The van der Waals surface area contributed by atoms with Crippen molar-refractivity contribution in [2.45, 2.75) is 39.2 Å². The van der Waals surface area contributed by atoms with Gasteiger partial charge in [0.2, 0.25) is 5.91 Å². The fraction of sp³-hybridized carbons (Fsp3) is 0.364. The number of benzene rings is 2. The Bertz CT molecular complexity index is 925. The molecule has 0 radical (unpaired) electrons. The van der Waals surface area contributed by atoms with Crippen LogP contribution in [0.2, 0.25) is 0 Å². The third-order valence-electron chi connectivity index (χ3n) is 5.18. The molecule has 1 fully saturated rings. The second-order valence-electron chi connectivity index (χ2n) is 7.25. The summed E-state index contributed by atoms with van der Waals surface area (Å²) in [5, 5.41) is 0.733. The predicted molar refractivity (Wildman–Crippen MR) is 109 cm³/mol. The standard InChI is InChI=1S/C22H24N2O2S/c1-15-7-8-16(2)17(13-15)14-21(25)24-11-9-18(10-12-24)26-22-23-19-5-3-4-6-20(19)27-22/h3-8,13,18H,9-12,14H2,1-2H3. The summed E-state index contributed by atoms with van der Waals surface area (Å²) in [4.78, 5) is 19.2. The van der Waals surface area contributed by atoms with Gasteiger partial charge in [0, 0.05) is 25.9 Å². The quantitative estimate of drug-likeness (QED) is 0.668. The fourth-order valence-electron chi connectivity index (χ4n) is 3.53. The Morgan fingerprint density at radius 1 is 1.19 bits per heavy atom. The highest BCUT2D eigenvalue weighted by Gasteiger charge is 2.25. The van der Waals surface area contributed by atoms with E-state index in [9.17, 15) is 4.79 Å². The third-order valence-corrected chi connectivity index (χ3v) is 6.11. The Labute approximate surface area is 163 Å². The molecular formula is C22H24N2O2S. The SMILES string of the molecule is Cc1ccc(C)c(CC(=O)N2CCC(Oc3nc4ccccc4s3)CC2)c1.